The van der Waals surface area contributed by atoms with E-state index in [1.54, 1.807) is 24.3 Å². The number of rotatable bonds is 5. The molecule has 4 aromatic rings. The summed E-state index contributed by atoms with van der Waals surface area (Å²) in [6.07, 6.45) is 0. The molecule has 180 valence electrons. The van der Waals surface area contributed by atoms with Gasteiger partial charge in [0.1, 0.15) is 28.7 Å². The maximum atomic E-state index is 10.6. The lowest BCUT2D eigenvalue weighted by atomic mass is 10.0. The highest BCUT2D eigenvalue weighted by Crippen LogP contribution is 2.46. The second-order valence-electron chi connectivity index (χ2n) is 9.07. The largest absolute Gasteiger partial charge is 0.508 e. The summed E-state index contributed by atoms with van der Waals surface area (Å²) < 4.78 is 6.22. The lowest BCUT2D eigenvalue weighted by Gasteiger charge is -2.32. The molecule has 0 aliphatic carbocycles. The summed E-state index contributed by atoms with van der Waals surface area (Å²) in [5, 5.41) is 31.2. The van der Waals surface area contributed by atoms with Crippen LogP contribution in [0.1, 0.15) is 33.4 Å². The Labute approximate surface area is 206 Å². The Balaban J connectivity index is 1.93. The van der Waals surface area contributed by atoms with Gasteiger partial charge in [-0.3, -0.25) is 0 Å². The first kappa shape index (κ1) is 24.0. The second kappa shape index (κ2) is 9.26. The molecule has 0 aromatic heterocycles. The van der Waals surface area contributed by atoms with E-state index in [9.17, 15) is 15.3 Å². The number of phenolic OH excluding ortho intramolecular Hbond substituents is 3. The molecule has 0 amide bonds. The van der Waals surface area contributed by atoms with Crippen LogP contribution >= 0.6 is 0 Å². The average Bonchev–Trinajstić information content (AvgIpc) is 2.81. The van der Waals surface area contributed by atoms with E-state index in [1.807, 2.05) is 77.9 Å². The number of aromatic hydroxyl groups is 3. The molecule has 0 saturated carbocycles. The fraction of sp³-hybridized carbons (Fsp3) is 0.200. The van der Waals surface area contributed by atoms with Gasteiger partial charge in [-0.1, -0.05) is 18.2 Å². The van der Waals surface area contributed by atoms with E-state index in [2.05, 4.69) is 4.90 Å². The molecular formula is C30H31NO4. The van der Waals surface area contributed by atoms with E-state index in [0.29, 0.717) is 11.5 Å². The van der Waals surface area contributed by atoms with E-state index in [1.165, 1.54) is 0 Å². The molecule has 0 unspecified atom stereocenters. The monoisotopic (exact) mass is 469 g/mol. The fourth-order valence-electron chi connectivity index (χ4n) is 4.44. The van der Waals surface area contributed by atoms with Crippen molar-refractivity contribution in [2.24, 2.45) is 0 Å². The van der Waals surface area contributed by atoms with E-state index in [-0.39, 0.29) is 17.2 Å². The van der Waals surface area contributed by atoms with E-state index < -0.39 is 0 Å². The first-order valence-corrected chi connectivity index (χ1v) is 11.5. The van der Waals surface area contributed by atoms with Gasteiger partial charge in [0.2, 0.25) is 0 Å². The number of nitrogens with zero attached hydrogens (tertiary/aromatic N) is 1. The van der Waals surface area contributed by atoms with Crippen molar-refractivity contribution >= 4 is 17.1 Å². The van der Waals surface area contributed by atoms with Crippen molar-refractivity contribution in [3.05, 3.63) is 94.0 Å². The average molecular weight is 470 g/mol. The molecule has 5 heteroatoms. The molecule has 4 rings (SSSR count). The Kier molecular flexibility index (Phi) is 6.35. The number of phenols is 3. The summed E-state index contributed by atoms with van der Waals surface area (Å²) in [6, 6.07) is 18.1. The summed E-state index contributed by atoms with van der Waals surface area (Å²) in [7, 11) is 0. The van der Waals surface area contributed by atoms with Crippen molar-refractivity contribution in [3.8, 4) is 28.7 Å². The van der Waals surface area contributed by atoms with Gasteiger partial charge in [0.05, 0.1) is 11.4 Å². The van der Waals surface area contributed by atoms with Gasteiger partial charge in [-0.2, -0.15) is 0 Å². The van der Waals surface area contributed by atoms with Crippen molar-refractivity contribution in [3.63, 3.8) is 0 Å². The highest BCUT2D eigenvalue weighted by Gasteiger charge is 2.23. The molecule has 4 aromatic carbocycles. The molecule has 0 aliphatic heterocycles. The Morgan fingerprint density at radius 1 is 0.600 bits per heavy atom. The highest BCUT2D eigenvalue weighted by atomic mass is 16.5. The summed E-state index contributed by atoms with van der Waals surface area (Å²) in [5.41, 5.74) is 7.80. The van der Waals surface area contributed by atoms with E-state index in [0.717, 1.165) is 50.4 Å². The SMILES string of the molecule is Cc1cc(O)cc(Oc2cccc(N(c3c(C)ccc(O)c3C)c3c(C)ccc(O)c3C)c2)c1C. The smallest absolute Gasteiger partial charge is 0.134 e. The van der Waals surface area contributed by atoms with Crippen LogP contribution in [-0.2, 0) is 0 Å². The molecule has 0 radical (unpaired) electrons. The van der Waals surface area contributed by atoms with Crippen LogP contribution in [-0.4, -0.2) is 15.3 Å². The lowest BCUT2D eigenvalue weighted by molar-refractivity contribution is 0.452. The van der Waals surface area contributed by atoms with Gasteiger partial charge in [0.15, 0.2) is 0 Å². The predicted molar refractivity (Wildman–Crippen MR) is 141 cm³/mol. The number of hydrogen-bond donors (Lipinski definition) is 3. The first-order chi connectivity index (χ1) is 16.6. The zero-order valence-electron chi connectivity index (χ0n) is 21.0. The van der Waals surface area contributed by atoms with Crippen molar-refractivity contribution in [1.29, 1.82) is 0 Å². The van der Waals surface area contributed by atoms with Gasteiger partial charge >= 0.3 is 0 Å². The lowest BCUT2D eigenvalue weighted by Crippen LogP contribution is -2.15. The number of aryl methyl sites for hydroxylation is 3. The van der Waals surface area contributed by atoms with Crippen molar-refractivity contribution in [2.45, 2.75) is 41.5 Å². The summed E-state index contributed by atoms with van der Waals surface area (Å²) in [5.74, 6) is 1.73. The van der Waals surface area contributed by atoms with E-state index >= 15 is 0 Å². The molecule has 0 bridgehead atoms. The fourth-order valence-corrected chi connectivity index (χ4v) is 4.44. The Hall–Kier alpha value is -4.12. The number of hydrogen-bond acceptors (Lipinski definition) is 5. The molecule has 0 atom stereocenters. The first-order valence-electron chi connectivity index (χ1n) is 11.5. The third kappa shape index (κ3) is 4.50. The zero-order chi connectivity index (χ0) is 25.4. The molecule has 3 N–H and O–H groups in total. The zero-order valence-corrected chi connectivity index (χ0v) is 21.0. The standard InChI is InChI=1S/C30H31NO4/c1-17-10-12-26(33)21(5)29(17)31(30-18(2)11-13-27(34)22(30)6)23-8-7-9-25(15-23)35-28-16-24(32)14-19(3)20(28)4/h7-16,32-34H,1-6H3. The van der Waals surface area contributed by atoms with Crippen LogP contribution in [0.4, 0.5) is 17.1 Å². The van der Waals surface area contributed by atoms with Gasteiger partial charge in [-0.05, 0) is 94.1 Å². The second-order valence-corrected chi connectivity index (χ2v) is 9.07. The minimum absolute atomic E-state index is 0.151. The van der Waals surface area contributed by atoms with Crippen LogP contribution in [0.2, 0.25) is 0 Å². The molecule has 0 fully saturated rings. The van der Waals surface area contributed by atoms with Gasteiger partial charge < -0.3 is 25.0 Å². The van der Waals surface area contributed by atoms with Crippen LogP contribution in [0.25, 0.3) is 0 Å². The Morgan fingerprint density at radius 3 is 1.74 bits per heavy atom. The summed E-state index contributed by atoms with van der Waals surface area (Å²) in [6.45, 7) is 11.7. The summed E-state index contributed by atoms with van der Waals surface area (Å²) in [4.78, 5) is 2.06. The molecule has 0 saturated heterocycles. The third-order valence-electron chi connectivity index (χ3n) is 6.56. The molecule has 5 nitrogen and oxygen atoms in total. The molecule has 0 heterocycles. The van der Waals surface area contributed by atoms with Gasteiger partial charge in [0.25, 0.3) is 0 Å². The molecular weight excluding hydrogens is 438 g/mol. The van der Waals surface area contributed by atoms with Crippen molar-refractivity contribution in [1.82, 2.24) is 0 Å². The predicted octanol–water partition coefficient (Wildman–Crippen LogP) is 7.92. The number of ether oxygens (including phenoxy) is 1. The Morgan fingerprint density at radius 2 is 1.17 bits per heavy atom. The topological polar surface area (TPSA) is 73.2 Å². The minimum Gasteiger partial charge on any atom is -0.508 e. The number of anilines is 3. The maximum absolute atomic E-state index is 10.6. The van der Waals surface area contributed by atoms with Crippen molar-refractivity contribution < 1.29 is 20.1 Å². The van der Waals surface area contributed by atoms with Crippen LogP contribution in [0.3, 0.4) is 0 Å². The summed E-state index contributed by atoms with van der Waals surface area (Å²) >= 11 is 0. The minimum atomic E-state index is 0.151. The molecule has 0 aliphatic rings. The third-order valence-corrected chi connectivity index (χ3v) is 6.56. The molecule has 0 spiro atoms. The van der Waals surface area contributed by atoms with Gasteiger partial charge in [-0.15, -0.1) is 0 Å². The van der Waals surface area contributed by atoms with Crippen LogP contribution < -0.4 is 9.64 Å². The molecule has 35 heavy (non-hydrogen) atoms. The maximum Gasteiger partial charge on any atom is 0.134 e. The van der Waals surface area contributed by atoms with Crippen LogP contribution in [0, 0.1) is 41.5 Å². The van der Waals surface area contributed by atoms with Gasteiger partial charge in [-0.25, -0.2) is 0 Å². The van der Waals surface area contributed by atoms with E-state index in [4.69, 9.17) is 4.74 Å². The number of benzene rings is 4. The normalized spacial score (nSPS) is 10.9. The van der Waals surface area contributed by atoms with Gasteiger partial charge in [0, 0.05) is 28.9 Å². The Bertz CT molecular complexity index is 1370. The quantitative estimate of drug-likeness (QED) is 0.277. The van der Waals surface area contributed by atoms with Crippen LogP contribution in [0.5, 0.6) is 28.7 Å². The highest BCUT2D eigenvalue weighted by molar-refractivity contribution is 5.85. The van der Waals surface area contributed by atoms with Crippen molar-refractivity contribution in [2.75, 3.05) is 4.90 Å². The van der Waals surface area contributed by atoms with Crippen LogP contribution in [0.15, 0.2) is 60.7 Å².